The van der Waals surface area contributed by atoms with Crippen molar-refractivity contribution in [1.82, 2.24) is 10.3 Å². The molecule has 6 nitrogen and oxygen atoms in total. The summed E-state index contributed by atoms with van der Waals surface area (Å²) >= 11 is 0. The van der Waals surface area contributed by atoms with Gasteiger partial charge in [-0.3, -0.25) is 14.6 Å². The predicted molar refractivity (Wildman–Crippen MR) is 106 cm³/mol. The Morgan fingerprint density at radius 2 is 1.71 bits per heavy atom. The van der Waals surface area contributed by atoms with E-state index in [1.165, 1.54) is 6.20 Å². The molecule has 3 N–H and O–H groups in total. The van der Waals surface area contributed by atoms with Crippen molar-refractivity contribution in [3.8, 4) is 5.75 Å². The van der Waals surface area contributed by atoms with Crippen molar-refractivity contribution >= 4 is 11.8 Å². The predicted octanol–water partition coefficient (Wildman–Crippen LogP) is 2.49. The molecule has 0 bridgehead atoms. The molecule has 1 atom stereocenters. The van der Waals surface area contributed by atoms with Crippen LogP contribution in [-0.4, -0.2) is 22.8 Å². The van der Waals surface area contributed by atoms with Gasteiger partial charge in [-0.05, 0) is 35.4 Å². The summed E-state index contributed by atoms with van der Waals surface area (Å²) in [4.78, 5) is 28.1. The van der Waals surface area contributed by atoms with E-state index in [-0.39, 0.29) is 12.1 Å². The number of hydrogen-bond donors (Lipinski definition) is 2. The number of carbonyl (C=O) groups is 2. The molecule has 1 heterocycles. The van der Waals surface area contributed by atoms with Crippen molar-refractivity contribution in [3.63, 3.8) is 0 Å². The molecule has 2 aromatic carbocycles. The molecule has 6 heteroatoms. The van der Waals surface area contributed by atoms with Gasteiger partial charge in [0.2, 0.25) is 5.91 Å². The van der Waals surface area contributed by atoms with E-state index in [1.54, 1.807) is 18.2 Å². The Labute approximate surface area is 163 Å². The van der Waals surface area contributed by atoms with E-state index in [1.807, 2.05) is 54.6 Å². The monoisotopic (exact) mass is 375 g/mol. The Morgan fingerprint density at radius 1 is 0.964 bits per heavy atom. The van der Waals surface area contributed by atoms with E-state index in [0.717, 1.165) is 11.1 Å². The van der Waals surface area contributed by atoms with Crippen LogP contribution in [0.25, 0.3) is 0 Å². The quantitative estimate of drug-likeness (QED) is 0.632. The second kappa shape index (κ2) is 9.32. The summed E-state index contributed by atoms with van der Waals surface area (Å²) in [7, 11) is 0. The van der Waals surface area contributed by atoms with Gasteiger partial charge in [0, 0.05) is 12.6 Å². The minimum absolute atomic E-state index is 0.230. The molecule has 1 aromatic heterocycles. The first-order valence-electron chi connectivity index (χ1n) is 8.88. The number of aromatic nitrogens is 1. The van der Waals surface area contributed by atoms with E-state index in [4.69, 9.17) is 10.5 Å². The Hall–Kier alpha value is -3.67. The van der Waals surface area contributed by atoms with Crippen LogP contribution in [0.1, 0.15) is 21.6 Å². The highest BCUT2D eigenvalue weighted by molar-refractivity contribution is 5.95. The molecule has 0 unspecified atom stereocenters. The highest BCUT2D eigenvalue weighted by Gasteiger charge is 2.20. The molecule has 142 valence electrons. The fourth-order valence-corrected chi connectivity index (χ4v) is 2.69. The zero-order valence-electron chi connectivity index (χ0n) is 15.2. The normalized spacial score (nSPS) is 11.4. The Kier molecular flexibility index (Phi) is 6.36. The third-order valence-electron chi connectivity index (χ3n) is 4.13. The maximum atomic E-state index is 12.3. The van der Waals surface area contributed by atoms with E-state index >= 15 is 0 Å². The maximum absolute atomic E-state index is 12.3. The number of nitrogens with two attached hydrogens (primary N) is 1. The zero-order valence-corrected chi connectivity index (χ0v) is 15.2. The topological polar surface area (TPSA) is 94.3 Å². The van der Waals surface area contributed by atoms with Crippen LogP contribution in [0.5, 0.6) is 5.75 Å². The van der Waals surface area contributed by atoms with Crippen LogP contribution in [-0.2, 0) is 17.8 Å². The Morgan fingerprint density at radius 3 is 2.43 bits per heavy atom. The van der Waals surface area contributed by atoms with Gasteiger partial charge in [0.05, 0.1) is 0 Å². The van der Waals surface area contributed by atoms with E-state index in [2.05, 4.69) is 10.3 Å². The molecular formula is C22H21N3O3. The van der Waals surface area contributed by atoms with Crippen LogP contribution in [0.15, 0.2) is 79.0 Å². The largest absolute Gasteiger partial charge is 0.489 e. The Balaban J connectivity index is 1.64. The first-order valence-corrected chi connectivity index (χ1v) is 8.88. The number of rotatable bonds is 8. The first kappa shape index (κ1) is 19.1. The minimum atomic E-state index is -0.848. The van der Waals surface area contributed by atoms with E-state index < -0.39 is 17.9 Å². The first-order chi connectivity index (χ1) is 13.6. The van der Waals surface area contributed by atoms with Gasteiger partial charge < -0.3 is 15.8 Å². The van der Waals surface area contributed by atoms with Gasteiger partial charge >= 0.3 is 0 Å². The number of primary amides is 1. The lowest BCUT2D eigenvalue weighted by Gasteiger charge is -2.16. The SMILES string of the molecule is NC(=O)[C@@H](Cc1cccc(OCc2ccccc2)c1)NC(=O)c1ccccn1. The molecule has 0 saturated heterocycles. The van der Waals surface area contributed by atoms with Gasteiger partial charge in [-0.2, -0.15) is 0 Å². The fourth-order valence-electron chi connectivity index (χ4n) is 2.69. The summed E-state index contributed by atoms with van der Waals surface area (Å²) in [6, 6.07) is 21.4. The summed E-state index contributed by atoms with van der Waals surface area (Å²) in [6.45, 7) is 0.444. The summed E-state index contributed by atoms with van der Waals surface area (Å²) < 4.78 is 5.81. The number of carbonyl (C=O) groups excluding carboxylic acids is 2. The Bertz CT molecular complexity index is 930. The van der Waals surface area contributed by atoms with E-state index in [9.17, 15) is 9.59 Å². The van der Waals surface area contributed by atoms with E-state index in [0.29, 0.717) is 12.4 Å². The minimum Gasteiger partial charge on any atom is -0.489 e. The highest BCUT2D eigenvalue weighted by Crippen LogP contribution is 2.16. The van der Waals surface area contributed by atoms with Crippen molar-refractivity contribution < 1.29 is 14.3 Å². The maximum Gasteiger partial charge on any atom is 0.270 e. The molecular weight excluding hydrogens is 354 g/mol. The summed E-state index contributed by atoms with van der Waals surface area (Å²) in [5.74, 6) is -0.374. The van der Waals surface area contributed by atoms with Crippen molar-refractivity contribution in [2.75, 3.05) is 0 Å². The standard InChI is InChI=1S/C22H21N3O3/c23-21(26)20(25-22(27)19-11-4-5-12-24-19)14-17-9-6-10-18(13-17)28-15-16-7-2-1-3-8-16/h1-13,20H,14-15H2,(H2,23,26)(H,25,27)/t20-/m1/s1. The lowest BCUT2D eigenvalue weighted by Crippen LogP contribution is -2.46. The van der Waals surface area contributed by atoms with Gasteiger partial charge in [0.25, 0.3) is 5.91 Å². The molecule has 0 aliphatic heterocycles. The average Bonchev–Trinajstić information content (AvgIpc) is 2.73. The molecule has 0 spiro atoms. The molecule has 0 radical (unpaired) electrons. The number of ether oxygens (including phenoxy) is 1. The number of amides is 2. The molecule has 3 rings (SSSR count). The number of pyridine rings is 1. The second-order valence-corrected chi connectivity index (χ2v) is 6.27. The number of hydrogen-bond acceptors (Lipinski definition) is 4. The van der Waals surface area contributed by atoms with Crippen LogP contribution in [0.2, 0.25) is 0 Å². The van der Waals surface area contributed by atoms with Crippen LogP contribution in [0.4, 0.5) is 0 Å². The summed E-state index contributed by atoms with van der Waals surface area (Å²) in [6.07, 6.45) is 1.78. The van der Waals surface area contributed by atoms with Crippen LogP contribution < -0.4 is 15.8 Å². The number of nitrogens with one attached hydrogen (secondary N) is 1. The zero-order chi connectivity index (χ0) is 19.8. The van der Waals surface area contributed by atoms with Gasteiger partial charge in [0.1, 0.15) is 24.1 Å². The van der Waals surface area contributed by atoms with Crippen molar-refractivity contribution in [2.45, 2.75) is 19.1 Å². The lowest BCUT2D eigenvalue weighted by molar-refractivity contribution is -0.119. The molecule has 0 aliphatic rings. The molecule has 28 heavy (non-hydrogen) atoms. The highest BCUT2D eigenvalue weighted by atomic mass is 16.5. The van der Waals surface area contributed by atoms with Gasteiger partial charge in [-0.25, -0.2) is 0 Å². The third-order valence-corrected chi connectivity index (χ3v) is 4.13. The molecule has 0 saturated carbocycles. The third kappa shape index (κ3) is 5.41. The molecule has 0 fully saturated rings. The van der Waals surface area contributed by atoms with Gasteiger partial charge in [0.15, 0.2) is 0 Å². The van der Waals surface area contributed by atoms with Gasteiger partial charge in [-0.15, -0.1) is 0 Å². The summed E-state index contributed by atoms with van der Waals surface area (Å²) in [5, 5.41) is 2.64. The molecule has 0 aliphatic carbocycles. The van der Waals surface area contributed by atoms with Crippen molar-refractivity contribution in [3.05, 3.63) is 95.8 Å². The molecule has 2 amide bonds. The molecule has 3 aromatic rings. The number of nitrogens with zero attached hydrogens (tertiary/aromatic N) is 1. The van der Waals surface area contributed by atoms with Crippen molar-refractivity contribution in [1.29, 1.82) is 0 Å². The van der Waals surface area contributed by atoms with Crippen LogP contribution >= 0.6 is 0 Å². The smallest absolute Gasteiger partial charge is 0.270 e. The lowest BCUT2D eigenvalue weighted by atomic mass is 10.0. The average molecular weight is 375 g/mol. The van der Waals surface area contributed by atoms with Crippen LogP contribution in [0.3, 0.4) is 0 Å². The number of benzene rings is 2. The van der Waals surface area contributed by atoms with Gasteiger partial charge in [-0.1, -0.05) is 48.5 Å². The van der Waals surface area contributed by atoms with Crippen molar-refractivity contribution in [2.24, 2.45) is 5.73 Å². The fraction of sp³-hybridized carbons (Fsp3) is 0.136. The second-order valence-electron chi connectivity index (χ2n) is 6.27. The van der Waals surface area contributed by atoms with Crippen LogP contribution in [0, 0.1) is 0 Å². The summed E-state index contributed by atoms with van der Waals surface area (Å²) in [5.41, 5.74) is 7.60.